The van der Waals surface area contributed by atoms with Gasteiger partial charge in [0.2, 0.25) is 0 Å². The minimum atomic E-state index is 0.578. The summed E-state index contributed by atoms with van der Waals surface area (Å²) in [6.45, 7) is 3.50. The highest BCUT2D eigenvalue weighted by atomic mass is 15.1. The van der Waals surface area contributed by atoms with Crippen LogP contribution >= 0.6 is 0 Å². The zero-order chi connectivity index (χ0) is 12.5. The summed E-state index contributed by atoms with van der Waals surface area (Å²) >= 11 is 0. The number of rotatable bonds is 2. The predicted octanol–water partition coefficient (Wildman–Crippen LogP) is 2.50. The fraction of sp³-hybridized carbons (Fsp3) is 0.533. The minimum Gasteiger partial charge on any atom is -0.331 e. The molecular weight excluding hydrogens is 222 g/mol. The second kappa shape index (κ2) is 4.73. The lowest BCUT2D eigenvalue weighted by Crippen LogP contribution is -2.42. The Labute approximate surface area is 108 Å². The number of hydrogen-bond donors (Lipinski definition) is 1. The Morgan fingerprint density at radius 2 is 2.22 bits per heavy atom. The molecule has 0 radical (unpaired) electrons. The molecule has 1 fully saturated rings. The molecule has 3 heteroatoms. The summed E-state index contributed by atoms with van der Waals surface area (Å²) in [6, 6.07) is 8.95. The Morgan fingerprint density at radius 3 is 3.00 bits per heavy atom. The standard InChI is InChI=1S/C15H21N3/c1-11-6-5-9-16-13(11)10-15-17-12-7-3-4-8-14(12)18(15)2/h3-4,7-8,11,13,16H,5-6,9-10H2,1-2H3. The molecule has 0 aliphatic carbocycles. The van der Waals surface area contributed by atoms with Crippen molar-refractivity contribution in [2.24, 2.45) is 13.0 Å². The van der Waals surface area contributed by atoms with Crippen LogP contribution in [0.15, 0.2) is 24.3 Å². The summed E-state index contributed by atoms with van der Waals surface area (Å²) in [5.74, 6) is 1.95. The molecule has 1 aliphatic heterocycles. The van der Waals surface area contributed by atoms with Gasteiger partial charge in [0.25, 0.3) is 0 Å². The maximum Gasteiger partial charge on any atom is 0.111 e. The van der Waals surface area contributed by atoms with Crippen LogP contribution in [0.4, 0.5) is 0 Å². The molecule has 0 spiro atoms. The maximum absolute atomic E-state index is 4.76. The molecule has 0 amide bonds. The van der Waals surface area contributed by atoms with Gasteiger partial charge >= 0.3 is 0 Å². The number of fused-ring (bicyclic) bond motifs is 1. The second-order valence-electron chi connectivity index (χ2n) is 5.46. The van der Waals surface area contributed by atoms with Crippen LogP contribution in [0.5, 0.6) is 0 Å². The van der Waals surface area contributed by atoms with Gasteiger partial charge in [0, 0.05) is 19.5 Å². The molecule has 1 N–H and O–H groups in total. The van der Waals surface area contributed by atoms with Crippen LogP contribution < -0.4 is 5.32 Å². The molecule has 3 nitrogen and oxygen atoms in total. The van der Waals surface area contributed by atoms with Crippen molar-refractivity contribution in [3.63, 3.8) is 0 Å². The van der Waals surface area contributed by atoms with Crippen molar-refractivity contribution >= 4 is 11.0 Å². The number of aromatic nitrogens is 2. The molecule has 2 unspecified atom stereocenters. The second-order valence-corrected chi connectivity index (χ2v) is 5.46. The largest absolute Gasteiger partial charge is 0.331 e. The Hall–Kier alpha value is -1.35. The average Bonchev–Trinajstić information content (AvgIpc) is 2.70. The molecule has 1 aliphatic rings. The van der Waals surface area contributed by atoms with Gasteiger partial charge in [0.05, 0.1) is 11.0 Å². The summed E-state index contributed by atoms with van der Waals surface area (Å²) in [5, 5.41) is 3.64. The number of hydrogen-bond acceptors (Lipinski definition) is 2. The van der Waals surface area contributed by atoms with E-state index in [0.717, 1.165) is 24.4 Å². The lowest BCUT2D eigenvalue weighted by Gasteiger charge is -2.29. The van der Waals surface area contributed by atoms with E-state index in [1.807, 2.05) is 0 Å². The summed E-state index contributed by atoms with van der Waals surface area (Å²) in [6.07, 6.45) is 3.67. The fourth-order valence-corrected chi connectivity index (χ4v) is 2.96. The number of nitrogens with one attached hydrogen (secondary N) is 1. The van der Waals surface area contributed by atoms with Gasteiger partial charge in [-0.05, 0) is 37.4 Å². The molecule has 1 aromatic heterocycles. The Balaban J connectivity index is 1.88. The van der Waals surface area contributed by atoms with Crippen molar-refractivity contribution in [2.75, 3.05) is 6.54 Å². The van der Waals surface area contributed by atoms with Crippen LogP contribution in [0.2, 0.25) is 0 Å². The van der Waals surface area contributed by atoms with Gasteiger partial charge in [-0.2, -0.15) is 0 Å². The van der Waals surface area contributed by atoms with Gasteiger partial charge in [0.1, 0.15) is 5.82 Å². The van der Waals surface area contributed by atoms with Crippen LogP contribution in [0.1, 0.15) is 25.6 Å². The first kappa shape index (κ1) is 11.7. The summed E-state index contributed by atoms with van der Waals surface area (Å²) < 4.78 is 2.23. The van der Waals surface area contributed by atoms with E-state index in [2.05, 4.69) is 48.1 Å². The minimum absolute atomic E-state index is 0.578. The van der Waals surface area contributed by atoms with Crippen LogP contribution in [0, 0.1) is 5.92 Å². The highest BCUT2D eigenvalue weighted by Gasteiger charge is 2.22. The summed E-state index contributed by atoms with van der Waals surface area (Å²) in [5.41, 5.74) is 2.34. The third kappa shape index (κ3) is 2.03. The van der Waals surface area contributed by atoms with Crippen molar-refractivity contribution in [1.29, 1.82) is 0 Å². The zero-order valence-corrected chi connectivity index (χ0v) is 11.2. The van der Waals surface area contributed by atoms with Gasteiger partial charge in [-0.25, -0.2) is 4.98 Å². The van der Waals surface area contributed by atoms with Gasteiger partial charge < -0.3 is 9.88 Å². The molecule has 2 atom stereocenters. The molecular formula is C15H21N3. The van der Waals surface area contributed by atoms with E-state index >= 15 is 0 Å². The number of nitrogens with zero attached hydrogens (tertiary/aromatic N) is 2. The van der Waals surface area contributed by atoms with Gasteiger partial charge in [-0.3, -0.25) is 0 Å². The van der Waals surface area contributed by atoms with Gasteiger partial charge in [-0.15, -0.1) is 0 Å². The third-order valence-electron chi connectivity index (χ3n) is 4.21. The van der Waals surface area contributed by atoms with E-state index in [1.54, 1.807) is 0 Å². The first-order chi connectivity index (χ1) is 8.75. The smallest absolute Gasteiger partial charge is 0.111 e. The lowest BCUT2D eigenvalue weighted by molar-refractivity contribution is 0.294. The number of para-hydroxylation sites is 2. The molecule has 0 bridgehead atoms. The first-order valence-corrected chi connectivity index (χ1v) is 6.89. The maximum atomic E-state index is 4.76. The number of piperidine rings is 1. The van der Waals surface area contributed by atoms with Crippen molar-refractivity contribution in [1.82, 2.24) is 14.9 Å². The molecule has 2 aromatic rings. The van der Waals surface area contributed by atoms with Gasteiger partial charge in [-0.1, -0.05) is 19.1 Å². The Morgan fingerprint density at radius 1 is 1.39 bits per heavy atom. The number of benzene rings is 1. The van der Waals surface area contributed by atoms with Crippen LogP contribution in [0.3, 0.4) is 0 Å². The van der Waals surface area contributed by atoms with Crippen molar-refractivity contribution in [2.45, 2.75) is 32.2 Å². The van der Waals surface area contributed by atoms with Crippen molar-refractivity contribution in [3.05, 3.63) is 30.1 Å². The van der Waals surface area contributed by atoms with Crippen molar-refractivity contribution < 1.29 is 0 Å². The summed E-state index contributed by atoms with van der Waals surface area (Å²) in [7, 11) is 2.12. The van der Waals surface area contributed by atoms with Crippen LogP contribution in [-0.2, 0) is 13.5 Å². The van der Waals surface area contributed by atoms with Crippen LogP contribution in [0.25, 0.3) is 11.0 Å². The Kier molecular flexibility index (Phi) is 3.08. The van der Waals surface area contributed by atoms with E-state index in [-0.39, 0.29) is 0 Å². The highest BCUT2D eigenvalue weighted by Crippen LogP contribution is 2.21. The van der Waals surface area contributed by atoms with Crippen LogP contribution in [-0.4, -0.2) is 22.1 Å². The molecule has 1 saturated heterocycles. The molecule has 2 heterocycles. The van der Waals surface area contributed by atoms with E-state index in [9.17, 15) is 0 Å². The Bertz CT molecular complexity index is 544. The average molecular weight is 243 g/mol. The summed E-state index contributed by atoms with van der Waals surface area (Å²) in [4.78, 5) is 4.76. The topological polar surface area (TPSA) is 29.9 Å². The lowest BCUT2D eigenvalue weighted by atomic mass is 9.90. The van der Waals surface area contributed by atoms with E-state index < -0.39 is 0 Å². The van der Waals surface area contributed by atoms with Crippen molar-refractivity contribution in [3.8, 4) is 0 Å². The zero-order valence-electron chi connectivity index (χ0n) is 11.2. The van der Waals surface area contributed by atoms with Gasteiger partial charge in [0.15, 0.2) is 0 Å². The number of imidazole rings is 1. The number of aryl methyl sites for hydroxylation is 1. The quantitative estimate of drug-likeness (QED) is 0.878. The molecule has 96 valence electrons. The monoisotopic (exact) mass is 243 g/mol. The van der Waals surface area contributed by atoms with E-state index in [0.29, 0.717) is 6.04 Å². The molecule has 0 saturated carbocycles. The van der Waals surface area contributed by atoms with E-state index in [4.69, 9.17) is 4.98 Å². The fourth-order valence-electron chi connectivity index (χ4n) is 2.96. The SMILES string of the molecule is CC1CCCNC1Cc1nc2ccccc2n1C. The third-order valence-corrected chi connectivity index (χ3v) is 4.21. The highest BCUT2D eigenvalue weighted by molar-refractivity contribution is 5.75. The first-order valence-electron chi connectivity index (χ1n) is 6.89. The molecule has 1 aromatic carbocycles. The van der Waals surface area contributed by atoms with E-state index in [1.165, 1.54) is 24.2 Å². The molecule has 3 rings (SSSR count). The normalized spacial score (nSPS) is 24.6. The predicted molar refractivity (Wildman–Crippen MR) is 74.6 cm³/mol. The molecule has 18 heavy (non-hydrogen) atoms.